The lowest BCUT2D eigenvalue weighted by Gasteiger charge is -2.36. The Morgan fingerprint density at radius 3 is 2.63 bits per heavy atom. The van der Waals surface area contributed by atoms with E-state index in [0.29, 0.717) is 18.4 Å². The summed E-state index contributed by atoms with van der Waals surface area (Å²) in [6.45, 7) is 4.82. The van der Waals surface area contributed by atoms with Gasteiger partial charge in [-0.1, -0.05) is 12.5 Å². The smallest absolute Gasteiger partial charge is 0.242 e. The molecule has 2 aromatic rings. The molecule has 0 atom stereocenters. The average molecular weight is 412 g/mol. The van der Waals surface area contributed by atoms with Crippen LogP contribution >= 0.6 is 0 Å². The number of nitrogens with two attached hydrogens (primary N) is 1. The third-order valence-electron chi connectivity index (χ3n) is 6.17. The van der Waals surface area contributed by atoms with Crippen molar-refractivity contribution in [2.45, 2.75) is 44.8 Å². The summed E-state index contributed by atoms with van der Waals surface area (Å²) in [4.78, 5) is 13.4. The first kappa shape index (κ1) is 19.2. The van der Waals surface area contributed by atoms with Gasteiger partial charge in [-0.15, -0.1) is 0 Å². The standard InChI is InChI=1S/C22H29N5O3/c23-20-21(24-14-25-22(20)30-17-4-2-1-3-5-17)27-10-8-26(9-11-27)13-16-6-7-18-19(12-16)29-15-28-18/h6-7,12,14,17H,1-5,8-11,13,15,23H2. The van der Waals surface area contributed by atoms with Crippen molar-refractivity contribution in [1.82, 2.24) is 14.9 Å². The van der Waals surface area contributed by atoms with Crippen LogP contribution in [0.15, 0.2) is 24.5 Å². The van der Waals surface area contributed by atoms with E-state index in [1.54, 1.807) is 6.33 Å². The molecule has 2 fully saturated rings. The van der Waals surface area contributed by atoms with Gasteiger partial charge >= 0.3 is 0 Å². The van der Waals surface area contributed by atoms with E-state index in [-0.39, 0.29) is 6.10 Å². The first-order valence-corrected chi connectivity index (χ1v) is 10.9. The molecule has 8 heteroatoms. The molecule has 0 unspecified atom stereocenters. The molecule has 5 rings (SSSR count). The molecule has 0 amide bonds. The maximum Gasteiger partial charge on any atom is 0.242 e. The van der Waals surface area contributed by atoms with Gasteiger partial charge < -0.3 is 24.8 Å². The summed E-state index contributed by atoms with van der Waals surface area (Å²) in [7, 11) is 0. The lowest BCUT2D eigenvalue weighted by atomic mass is 9.98. The molecule has 3 aliphatic rings. The Labute approximate surface area is 176 Å². The summed E-state index contributed by atoms with van der Waals surface area (Å²) in [6, 6.07) is 6.17. The second-order valence-electron chi connectivity index (χ2n) is 8.24. The first-order valence-electron chi connectivity index (χ1n) is 10.9. The van der Waals surface area contributed by atoms with Gasteiger partial charge in [0, 0.05) is 32.7 Å². The fraction of sp³-hybridized carbons (Fsp3) is 0.545. The Bertz CT molecular complexity index is 879. The third kappa shape index (κ3) is 4.09. The number of anilines is 2. The lowest BCUT2D eigenvalue weighted by Crippen LogP contribution is -2.46. The highest BCUT2D eigenvalue weighted by atomic mass is 16.7. The number of piperazine rings is 1. The topological polar surface area (TPSA) is 86.0 Å². The highest BCUT2D eigenvalue weighted by Crippen LogP contribution is 2.34. The molecule has 8 nitrogen and oxygen atoms in total. The van der Waals surface area contributed by atoms with Crippen molar-refractivity contribution < 1.29 is 14.2 Å². The fourth-order valence-corrected chi connectivity index (χ4v) is 4.47. The molecule has 0 radical (unpaired) electrons. The largest absolute Gasteiger partial charge is 0.473 e. The number of aromatic nitrogens is 2. The van der Waals surface area contributed by atoms with E-state index >= 15 is 0 Å². The van der Waals surface area contributed by atoms with Crippen LogP contribution in [0.2, 0.25) is 0 Å². The lowest BCUT2D eigenvalue weighted by molar-refractivity contribution is 0.149. The summed E-state index contributed by atoms with van der Waals surface area (Å²) in [5, 5.41) is 0. The van der Waals surface area contributed by atoms with Crippen LogP contribution in [0.25, 0.3) is 0 Å². The number of fused-ring (bicyclic) bond motifs is 1. The van der Waals surface area contributed by atoms with Crippen LogP contribution in [0, 0.1) is 0 Å². The van der Waals surface area contributed by atoms with Crippen LogP contribution in [0.1, 0.15) is 37.7 Å². The summed E-state index contributed by atoms with van der Waals surface area (Å²) in [5.41, 5.74) is 8.21. The molecule has 0 spiro atoms. The monoisotopic (exact) mass is 411 g/mol. The quantitative estimate of drug-likeness (QED) is 0.804. The maximum absolute atomic E-state index is 6.41. The van der Waals surface area contributed by atoms with E-state index in [4.69, 9.17) is 19.9 Å². The number of hydrogen-bond acceptors (Lipinski definition) is 8. The van der Waals surface area contributed by atoms with Crippen molar-refractivity contribution in [3.8, 4) is 17.4 Å². The summed E-state index contributed by atoms with van der Waals surface area (Å²) >= 11 is 0. The minimum atomic E-state index is 0.224. The molecule has 1 saturated heterocycles. The summed E-state index contributed by atoms with van der Waals surface area (Å²) in [6.07, 6.45) is 7.68. The molecule has 3 heterocycles. The highest BCUT2D eigenvalue weighted by molar-refractivity contribution is 5.68. The first-order chi connectivity index (χ1) is 14.8. The van der Waals surface area contributed by atoms with Crippen molar-refractivity contribution in [3.05, 3.63) is 30.1 Å². The Hall–Kier alpha value is -2.74. The predicted molar refractivity (Wildman–Crippen MR) is 114 cm³/mol. The predicted octanol–water partition coefficient (Wildman–Crippen LogP) is 2.82. The Morgan fingerprint density at radius 1 is 1.00 bits per heavy atom. The van der Waals surface area contributed by atoms with Crippen LogP contribution in [0.4, 0.5) is 11.5 Å². The van der Waals surface area contributed by atoms with Gasteiger partial charge in [0.2, 0.25) is 12.7 Å². The highest BCUT2D eigenvalue weighted by Gasteiger charge is 2.24. The average Bonchev–Trinajstić information content (AvgIpc) is 3.25. The summed E-state index contributed by atoms with van der Waals surface area (Å²) in [5.74, 6) is 2.99. The van der Waals surface area contributed by atoms with Gasteiger partial charge in [0.1, 0.15) is 18.1 Å². The van der Waals surface area contributed by atoms with Crippen molar-refractivity contribution in [2.75, 3.05) is 43.6 Å². The van der Waals surface area contributed by atoms with Gasteiger partial charge in [-0.05, 0) is 43.4 Å². The third-order valence-corrected chi connectivity index (χ3v) is 6.17. The van der Waals surface area contributed by atoms with Gasteiger partial charge in [-0.3, -0.25) is 4.90 Å². The zero-order chi connectivity index (χ0) is 20.3. The van der Waals surface area contributed by atoms with Crippen LogP contribution in [0.3, 0.4) is 0 Å². The molecule has 160 valence electrons. The molecule has 1 aliphatic carbocycles. The maximum atomic E-state index is 6.41. The fourth-order valence-electron chi connectivity index (χ4n) is 4.47. The van der Waals surface area contributed by atoms with Crippen LogP contribution in [-0.4, -0.2) is 53.9 Å². The Balaban J connectivity index is 1.19. The van der Waals surface area contributed by atoms with E-state index in [1.165, 1.54) is 24.8 Å². The van der Waals surface area contributed by atoms with Crippen molar-refractivity contribution in [2.24, 2.45) is 0 Å². The van der Waals surface area contributed by atoms with Gasteiger partial charge in [0.05, 0.1) is 0 Å². The van der Waals surface area contributed by atoms with Gasteiger partial charge in [0.15, 0.2) is 17.3 Å². The van der Waals surface area contributed by atoms with Crippen LogP contribution in [0.5, 0.6) is 17.4 Å². The van der Waals surface area contributed by atoms with E-state index in [0.717, 1.165) is 62.9 Å². The molecular formula is C22H29N5O3. The van der Waals surface area contributed by atoms with E-state index < -0.39 is 0 Å². The molecular weight excluding hydrogens is 382 g/mol. The molecule has 2 aliphatic heterocycles. The number of nitrogens with zero attached hydrogens (tertiary/aromatic N) is 4. The van der Waals surface area contributed by atoms with Crippen molar-refractivity contribution in [3.63, 3.8) is 0 Å². The summed E-state index contributed by atoms with van der Waals surface area (Å²) < 4.78 is 17.0. The molecule has 30 heavy (non-hydrogen) atoms. The zero-order valence-electron chi connectivity index (χ0n) is 17.3. The van der Waals surface area contributed by atoms with Crippen molar-refractivity contribution >= 4 is 11.5 Å². The van der Waals surface area contributed by atoms with E-state index in [2.05, 4.69) is 31.9 Å². The van der Waals surface area contributed by atoms with Crippen molar-refractivity contribution in [1.29, 1.82) is 0 Å². The van der Waals surface area contributed by atoms with Crippen LogP contribution < -0.4 is 24.8 Å². The van der Waals surface area contributed by atoms with Gasteiger partial charge in [-0.2, -0.15) is 4.98 Å². The Morgan fingerprint density at radius 2 is 1.80 bits per heavy atom. The number of ether oxygens (including phenoxy) is 3. The van der Waals surface area contributed by atoms with Gasteiger partial charge in [-0.25, -0.2) is 4.98 Å². The SMILES string of the molecule is Nc1c(OC2CCCCC2)ncnc1N1CCN(Cc2ccc3c(c2)OCO3)CC1. The molecule has 0 bridgehead atoms. The number of rotatable bonds is 5. The number of benzene rings is 1. The molecule has 2 N–H and O–H groups in total. The van der Waals surface area contributed by atoms with Gasteiger partial charge in [0.25, 0.3) is 0 Å². The Kier molecular flexibility index (Phi) is 5.48. The zero-order valence-corrected chi connectivity index (χ0v) is 17.3. The number of hydrogen-bond donors (Lipinski definition) is 1. The van der Waals surface area contributed by atoms with E-state index in [9.17, 15) is 0 Å². The number of nitrogen functional groups attached to an aromatic ring is 1. The minimum absolute atomic E-state index is 0.224. The second kappa shape index (κ2) is 8.55. The molecule has 1 saturated carbocycles. The van der Waals surface area contributed by atoms with E-state index in [1.807, 2.05) is 6.07 Å². The second-order valence-corrected chi connectivity index (χ2v) is 8.24. The normalized spacial score (nSPS) is 19.8. The molecule has 1 aromatic carbocycles. The molecule has 1 aromatic heterocycles. The van der Waals surface area contributed by atoms with Crippen LogP contribution in [-0.2, 0) is 6.54 Å². The minimum Gasteiger partial charge on any atom is -0.473 e.